The number of hydrogen-bond donors (Lipinski definition) is 0. The van der Waals surface area contributed by atoms with Crippen LogP contribution < -0.4 is 0 Å². The van der Waals surface area contributed by atoms with Gasteiger partial charge in [-0.1, -0.05) is 0 Å². The van der Waals surface area contributed by atoms with E-state index >= 15 is 0 Å². The van der Waals surface area contributed by atoms with Crippen molar-refractivity contribution in [3.8, 4) is 6.07 Å². The molecule has 21 heavy (non-hydrogen) atoms. The number of nitriles is 1. The Morgan fingerprint density at radius 2 is 2.10 bits per heavy atom. The molecule has 0 unspecified atom stereocenters. The first-order chi connectivity index (χ1) is 9.72. The molecule has 0 aromatic heterocycles. The first kappa shape index (κ1) is 16.4. The fourth-order valence-corrected chi connectivity index (χ4v) is 1.76. The van der Waals surface area contributed by atoms with E-state index in [1.165, 1.54) is 13.0 Å². The largest absolute Gasteiger partial charge is 0.466 e. The zero-order chi connectivity index (χ0) is 16.2. The molecule has 1 rings (SSSR count). The molecule has 1 aromatic rings. The topological polar surface area (TPSA) is 93.2 Å². The van der Waals surface area contributed by atoms with Crippen molar-refractivity contribution in [3.63, 3.8) is 0 Å². The zero-order valence-corrected chi connectivity index (χ0v) is 10.7. The summed E-state index contributed by atoms with van der Waals surface area (Å²) < 4.78 is 43.7. The highest BCUT2D eigenvalue weighted by Gasteiger charge is 2.40. The first-order valence-corrected chi connectivity index (χ1v) is 5.65. The van der Waals surface area contributed by atoms with Crippen LogP contribution >= 0.6 is 0 Å². The van der Waals surface area contributed by atoms with Crippen molar-refractivity contribution in [1.29, 1.82) is 5.26 Å². The predicted molar refractivity (Wildman–Crippen MR) is 63.2 cm³/mol. The lowest BCUT2D eigenvalue weighted by Gasteiger charge is -2.14. The Bertz CT molecular complexity index is 620. The summed E-state index contributed by atoms with van der Waals surface area (Å²) in [5, 5.41) is 19.6. The Labute approximate surface area is 116 Å². The van der Waals surface area contributed by atoms with E-state index in [2.05, 4.69) is 4.74 Å². The number of nitrogens with zero attached hydrogens (tertiary/aromatic N) is 2. The van der Waals surface area contributed by atoms with Gasteiger partial charge in [0, 0.05) is 6.07 Å². The molecular weight excluding hydrogens is 293 g/mol. The molecule has 0 N–H and O–H groups in total. The van der Waals surface area contributed by atoms with Gasteiger partial charge in [0.2, 0.25) is 0 Å². The van der Waals surface area contributed by atoms with Gasteiger partial charge >= 0.3 is 12.1 Å². The highest BCUT2D eigenvalue weighted by atomic mass is 19.4. The number of carbonyl (C=O) groups excluding carboxylic acids is 1. The standard InChI is InChI=1S/C12H9F3N2O4/c1-2-21-10(18)5-8-9(17(19)20)4-3-7(6-16)11(8)12(13,14)15/h3-4H,2,5H2,1H3. The van der Waals surface area contributed by atoms with E-state index < -0.39 is 45.9 Å². The minimum Gasteiger partial charge on any atom is -0.466 e. The number of halogens is 3. The highest BCUT2D eigenvalue weighted by Crippen LogP contribution is 2.38. The van der Waals surface area contributed by atoms with Crippen LogP contribution in [0.5, 0.6) is 0 Å². The third kappa shape index (κ3) is 3.68. The molecule has 6 nitrogen and oxygen atoms in total. The molecule has 0 spiro atoms. The van der Waals surface area contributed by atoms with E-state index in [0.717, 1.165) is 6.07 Å². The summed E-state index contributed by atoms with van der Waals surface area (Å²) >= 11 is 0. The molecule has 0 aliphatic carbocycles. The number of hydrogen-bond acceptors (Lipinski definition) is 5. The minimum atomic E-state index is -5.00. The van der Waals surface area contributed by atoms with E-state index in [4.69, 9.17) is 5.26 Å². The number of alkyl halides is 3. The van der Waals surface area contributed by atoms with Gasteiger partial charge in [-0.25, -0.2) is 0 Å². The number of ether oxygens (including phenoxy) is 1. The number of rotatable bonds is 4. The normalized spacial score (nSPS) is 10.8. The zero-order valence-electron chi connectivity index (χ0n) is 10.7. The third-order valence-electron chi connectivity index (χ3n) is 2.52. The van der Waals surface area contributed by atoms with Crippen molar-refractivity contribution in [2.24, 2.45) is 0 Å². The Balaban J connectivity index is 3.57. The molecule has 0 radical (unpaired) electrons. The molecule has 0 bridgehead atoms. The maximum absolute atomic E-state index is 13.0. The van der Waals surface area contributed by atoms with Crippen molar-refractivity contribution >= 4 is 11.7 Å². The Kier molecular flexibility index (Phi) is 4.86. The van der Waals surface area contributed by atoms with Crippen molar-refractivity contribution in [2.75, 3.05) is 6.61 Å². The monoisotopic (exact) mass is 302 g/mol. The Hall–Kier alpha value is -2.63. The van der Waals surface area contributed by atoms with Gasteiger partial charge < -0.3 is 4.74 Å². The van der Waals surface area contributed by atoms with Crippen LogP contribution in [0.4, 0.5) is 18.9 Å². The van der Waals surface area contributed by atoms with Gasteiger partial charge in [0.25, 0.3) is 5.69 Å². The van der Waals surface area contributed by atoms with Crippen molar-refractivity contribution in [3.05, 3.63) is 38.9 Å². The summed E-state index contributed by atoms with van der Waals surface area (Å²) in [4.78, 5) is 21.2. The van der Waals surface area contributed by atoms with Crippen LogP contribution in [-0.4, -0.2) is 17.5 Å². The van der Waals surface area contributed by atoms with Crippen molar-refractivity contribution < 1.29 is 27.6 Å². The van der Waals surface area contributed by atoms with E-state index in [0.29, 0.717) is 6.07 Å². The molecule has 0 fully saturated rings. The van der Waals surface area contributed by atoms with Gasteiger partial charge in [-0.05, 0) is 13.0 Å². The fraction of sp³-hybridized carbons (Fsp3) is 0.333. The summed E-state index contributed by atoms with van der Waals surface area (Å²) in [7, 11) is 0. The molecule has 0 saturated carbocycles. The van der Waals surface area contributed by atoms with E-state index in [-0.39, 0.29) is 6.61 Å². The molecule has 0 heterocycles. The van der Waals surface area contributed by atoms with E-state index in [1.54, 1.807) is 0 Å². The number of carbonyl (C=O) groups is 1. The SMILES string of the molecule is CCOC(=O)Cc1c([N+](=O)[O-])ccc(C#N)c1C(F)(F)F. The van der Waals surface area contributed by atoms with E-state index in [9.17, 15) is 28.1 Å². The molecule has 0 amide bonds. The Morgan fingerprint density at radius 3 is 2.52 bits per heavy atom. The van der Waals surface area contributed by atoms with E-state index in [1.807, 2.05) is 0 Å². The summed E-state index contributed by atoms with van der Waals surface area (Å²) in [6, 6.07) is 2.79. The quantitative estimate of drug-likeness (QED) is 0.484. The molecule has 1 aromatic carbocycles. The van der Waals surface area contributed by atoms with Crippen LogP contribution in [0.3, 0.4) is 0 Å². The van der Waals surface area contributed by atoms with Crippen LogP contribution in [0.15, 0.2) is 12.1 Å². The smallest absolute Gasteiger partial charge is 0.418 e. The first-order valence-electron chi connectivity index (χ1n) is 5.65. The van der Waals surface area contributed by atoms with Gasteiger partial charge in [0.05, 0.1) is 40.7 Å². The van der Waals surface area contributed by atoms with Crippen LogP contribution in [0, 0.1) is 21.4 Å². The molecular formula is C12H9F3N2O4. The van der Waals surface area contributed by atoms with Gasteiger partial charge in [-0.2, -0.15) is 18.4 Å². The lowest BCUT2D eigenvalue weighted by atomic mass is 9.97. The second-order valence-electron chi connectivity index (χ2n) is 3.83. The second-order valence-corrected chi connectivity index (χ2v) is 3.83. The van der Waals surface area contributed by atoms with Gasteiger partial charge in [-0.15, -0.1) is 0 Å². The average molecular weight is 302 g/mol. The van der Waals surface area contributed by atoms with Gasteiger partial charge in [-0.3, -0.25) is 14.9 Å². The molecule has 0 atom stereocenters. The lowest BCUT2D eigenvalue weighted by molar-refractivity contribution is -0.385. The molecule has 0 aliphatic heterocycles. The number of nitro groups is 1. The number of esters is 1. The summed E-state index contributed by atoms with van der Waals surface area (Å²) in [5.41, 5.74) is -4.01. The molecule has 9 heteroatoms. The Morgan fingerprint density at radius 1 is 1.48 bits per heavy atom. The fourth-order valence-electron chi connectivity index (χ4n) is 1.76. The lowest BCUT2D eigenvalue weighted by Crippen LogP contribution is -2.17. The molecule has 0 saturated heterocycles. The minimum absolute atomic E-state index is 0.0775. The molecule has 0 aliphatic rings. The number of benzene rings is 1. The average Bonchev–Trinajstić information content (AvgIpc) is 2.36. The van der Waals surface area contributed by atoms with Crippen LogP contribution in [-0.2, 0) is 22.1 Å². The van der Waals surface area contributed by atoms with Gasteiger partial charge in [0.15, 0.2) is 0 Å². The molecule has 112 valence electrons. The summed E-state index contributed by atoms with van der Waals surface area (Å²) in [6.45, 7) is 1.37. The maximum atomic E-state index is 13.0. The second kappa shape index (κ2) is 6.21. The summed E-state index contributed by atoms with van der Waals surface area (Å²) in [6.07, 6.45) is -5.94. The van der Waals surface area contributed by atoms with Crippen LogP contribution in [0.25, 0.3) is 0 Å². The van der Waals surface area contributed by atoms with Crippen molar-refractivity contribution in [1.82, 2.24) is 0 Å². The maximum Gasteiger partial charge on any atom is 0.418 e. The van der Waals surface area contributed by atoms with Crippen molar-refractivity contribution in [2.45, 2.75) is 19.5 Å². The number of nitro benzene ring substituents is 1. The third-order valence-corrected chi connectivity index (χ3v) is 2.52. The predicted octanol–water partition coefficient (Wildman–Crippen LogP) is 2.59. The van der Waals surface area contributed by atoms with Gasteiger partial charge in [0.1, 0.15) is 0 Å². The van der Waals surface area contributed by atoms with Crippen LogP contribution in [0.1, 0.15) is 23.6 Å². The highest BCUT2D eigenvalue weighted by molar-refractivity contribution is 5.76. The van der Waals surface area contributed by atoms with Crippen LogP contribution in [0.2, 0.25) is 0 Å². The summed E-state index contributed by atoms with van der Waals surface area (Å²) in [5.74, 6) is -1.04.